The molecule has 0 aliphatic carbocycles. The monoisotopic (exact) mass is 644 g/mol. The Hall–Kier alpha value is -4.01. The van der Waals surface area contributed by atoms with Crippen LogP contribution in [-0.4, -0.2) is 54.5 Å². The Morgan fingerprint density at radius 3 is 2.50 bits per heavy atom. The van der Waals surface area contributed by atoms with Gasteiger partial charge in [-0.2, -0.15) is 0 Å². The molecule has 0 atom stereocenters. The number of amides is 1. The minimum Gasteiger partial charge on any atom is -0.493 e. The molecular weight excluding hydrogens is 607 g/mol. The first kappa shape index (κ1) is 32.0. The molecule has 3 aromatic carbocycles. The summed E-state index contributed by atoms with van der Waals surface area (Å²) in [6, 6.07) is 15.6. The molecule has 2 fully saturated rings. The average molecular weight is 645 g/mol. The van der Waals surface area contributed by atoms with E-state index in [0.717, 1.165) is 61.4 Å². The predicted molar refractivity (Wildman–Crippen MR) is 175 cm³/mol. The molecule has 4 aromatic rings. The van der Waals surface area contributed by atoms with Crippen LogP contribution in [0.25, 0.3) is 10.9 Å². The molecule has 2 aliphatic rings. The Morgan fingerprint density at radius 2 is 1.76 bits per heavy atom. The smallest absolute Gasteiger partial charge is 0.222 e. The van der Waals surface area contributed by atoms with Gasteiger partial charge in [0.2, 0.25) is 5.91 Å². The van der Waals surface area contributed by atoms with Crippen LogP contribution in [0.3, 0.4) is 0 Å². The average Bonchev–Trinajstić information content (AvgIpc) is 3.02. The molecule has 46 heavy (non-hydrogen) atoms. The first-order chi connectivity index (χ1) is 22.2. The molecular formula is C37H38ClFN2O5. The highest BCUT2D eigenvalue weighted by Gasteiger charge is 2.41. The molecule has 240 valence electrons. The summed E-state index contributed by atoms with van der Waals surface area (Å²) in [6.07, 6.45) is 4.94. The Kier molecular flexibility index (Phi) is 9.57. The fourth-order valence-corrected chi connectivity index (χ4v) is 6.40. The van der Waals surface area contributed by atoms with Crippen molar-refractivity contribution >= 4 is 34.2 Å². The zero-order valence-electron chi connectivity index (χ0n) is 26.2. The second-order valence-corrected chi connectivity index (χ2v) is 13.0. The van der Waals surface area contributed by atoms with Gasteiger partial charge in [0.1, 0.15) is 28.8 Å². The van der Waals surface area contributed by atoms with E-state index in [1.54, 1.807) is 42.6 Å². The molecule has 9 heteroatoms. The summed E-state index contributed by atoms with van der Waals surface area (Å²) < 4.78 is 31.8. The minimum atomic E-state index is -0.384. The quantitative estimate of drug-likeness (QED) is 0.157. The lowest BCUT2D eigenvalue weighted by Gasteiger charge is -2.47. The third-order valence-corrected chi connectivity index (χ3v) is 9.36. The van der Waals surface area contributed by atoms with Gasteiger partial charge in [0.15, 0.2) is 0 Å². The van der Waals surface area contributed by atoms with Crippen LogP contribution in [0, 0.1) is 25.1 Å². The number of piperidine rings is 1. The van der Waals surface area contributed by atoms with E-state index in [1.807, 2.05) is 30.9 Å². The number of ether oxygens (including phenoxy) is 3. The third-order valence-electron chi connectivity index (χ3n) is 9.01. The number of hydrogen-bond donors (Lipinski definition) is 0. The van der Waals surface area contributed by atoms with Crippen molar-refractivity contribution < 1.29 is 28.2 Å². The van der Waals surface area contributed by atoms with E-state index >= 15 is 0 Å². The van der Waals surface area contributed by atoms with Crippen molar-refractivity contribution in [2.24, 2.45) is 5.41 Å². The van der Waals surface area contributed by atoms with E-state index in [0.29, 0.717) is 58.0 Å². The maximum atomic E-state index is 14.1. The van der Waals surface area contributed by atoms with Crippen molar-refractivity contribution in [1.82, 2.24) is 9.88 Å². The Labute approximate surface area is 273 Å². The second-order valence-electron chi connectivity index (χ2n) is 12.6. The number of carbonyl (C=O) groups excluding carboxylic acids is 2. The van der Waals surface area contributed by atoms with Gasteiger partial charge in [0.05, 0.1) is 25.3 Å². The number of Topliss-reactive ketones (excluding diaryl/α,β-unsaturated/α-hetero) is 1. The zero-order chi connectivity index (χ0) is 32.3. The Balaban J connectivity index is 1.04. The molecule has 2 saturated heterocycles. The molecule has 6 rings (SSSR count). The van der Waals surface area contributed by atoms with Gasteiger partial charge in [-0.1, -0.05) is 35.4 Å². The topological polar surface area (TPSA) is 78.0 Å². The maximum Gasteiger partial charge on any atom is 0.222 e. The number of aryl methyl sites for hydroxylation is 2. The predicted octanol–water partition coefficient (Wildman–Crippen LogP) is 7.59. The van der Waals surface area contributed by atoms with E-state index in [9.17, 15) is 14.0 Å². The standard InChI is InChI=1S/C37H38ClFN2O5/c1-24-5-8-32(39)27(16-24)19-28(42)18-26-6-7-29(20-31(26)38)46-34-9-12-40-33-21-35(25(2)17-30(33)34)45-15-3-4-36(43)41-13-10-37(11-14-41)22-44-23-37/h5-9,12,16-17,20-21H,3-4,10-11,13-15,18-19,22-23H2,1-2H3. The molecule has 3 heterocycles. The van der Waals surface area contributed by atoms with Crippen LogP contribution < -0.4 is 9.47 Å². The number of pyridine rings is 1. The summed E-state index contributed by atoms with van der Waals surface area (Å²) in [5.74, 6) is 1.53. The first-order valence-electron chi connectivity index (χ1n) is 15.8. The van der Waals surface area contributed by atoms with Crippen LogP contribution in [0.2, 0.25) is 5.02 Å². The van der Waals surface area contributed by atoms with Gasteiger partial charge < -0.3 is 19.1 Å². The van der Waals surface area contributed by atoms with Crippen LogP contribution in [0.5, 0.6) is 17.2 Å². The van der Waals surface area contributed by atoms with Gasteiger partial charge in [-0.3, -0.25) is 14.6 Å². The van der Waals surface area contributed by atoms with Crippen LogP contribution in [-0.2, 0) is 27.2 Å². The van der Waals surface area contributed by atoms with Crippen LogP contribution in [0.15, 0.2) is 60.8 Å². The molecule has 0 N–H and O–H groups in total. The molecule has 1 spiro atoms. The van der Waals surface area contributed by atoms with Gasteiger partial charge in [-0.05, 0) is 80.1 Å². The summed E-state index contributed by atoms with van der Waals surface area (Å²) >= 11 is 6.54. The van der Waals surface area contributed by atoms with Gasteiger partial charge in [0.25, 0.3) is 0 Å². The molecule has 0 radical (unpaired) electrons. The number of ketones is 1. The highest BCUT2D eigenvalue weighted by Crippen LogP contribution is 2.38. The lowest BCUT2D eigenvalue weighted by Crippen LogP contribution is -2.52. The number of benzene rings is 3. The fraction of sp³-hybridized carbons (Fsp3) is 0.378. The van der Waals surface area contributed by atoms with Crippen LogP contribution >= 0.6 is 11.6 Å². The molecule has 7 nitrogen and oxygen atoms in total. The number of fused-ring (bicyclic) bond motifs is 1. The van der Waals surface area contributed by atoms with Crippen molar-refractivity contribution in [1.29, 1.82) is 0 Å². The molecule has 2 aliphatic heterocycles. The number of halogens is 2. The number of likely N-dealkylation sites (tertiary alicyclic amines) is 1. The molecule has 0 unspecified atom stereocenters. The largest absolute Gasteiger partial charge is 0.493 e. The molecule has 0 bridgehead atoms. The van der Waals surface area contributed by atoms with Gasteiger partial charge in [-0.25, -0.2) is 4.39 Å². The minimum absolute atomic E-state index is 0.00387. The highest BCUT2D eigenvalue weighted by atomic mass is 35.5. The number of rotatable bonds is 11. The van der Waals surface area contributed by atoms with Crippen molar-refractivity contribution in [3.8, 4) is 17.2 Å². The number of carbonyl (C=O) groups is 2. The number of hydrogen-bond acceptors (Lipinski definition) is 6. The summed E-state index contributed by atoms with van der Waals surface area (Å²) in [6.45, 7) is 7.57. The fourth-order valence-electron chi connectivity index (χ4n) is 6.16. The van der Waals surface area contributed by atoms with E-state index in [2.05, 4.69) is 4.98 Å². The van der Waals surface area contributed by atoms with Gasteiger partial charge in [-0.15, -0.1) is 0 Å². The van der Waals surface area contributed by atoms with Crippen molar-refractivity contribution in [3.63, 3.8) is 0 Å². The summed E-state index contributed by atoms with van der Waals surface area (Å²) in [5, 5.41) is 1.22. The normalized spacial score (nSPS) is 15.5. The van der Waals surface area contributed by atoms with Crippen molar-refractivity contribution in [2.75, 3.05) is 32.9 Å². The zero-order valence-corrected chi connectivity index (χ0v) is 27.0. The SMILES string of the molecule is Cc1ccc(F)c(CC(=O)Cc2ccc(Oc3ccnc4cc(OCCCC(=O)N5CCC6(CC5)COC6)c(C)cc34)cc2Cl)c1. The molecule has 1 aromatic heterocycles. The van der Waals surface area contributed by atoms with E-state index < -0.39 is 0 Å². The van der Waals surface area contributed by atoms with Crippen LogP contribution in [0.1, 0.15) is 47.9 Å². The van der Waals surface area contributed by atoms with E-state index in [1.165, 1.54) is 6.07 Å². The van der Waals surface area contributed by atoms with Crippen LogP contribution in [0.4, 0.5) is 4.39 Å². The lowest BCUT2D eigenvalue weighted by atomic mass is 9.77. The molecule has 0 saturated carbocycles. The highest BCUT2D eigenvalue weighted by molar-refractivity contribution is 6.31. The summed E-state index contributed by atoms with van der Waals surface area (Å²) in [7, 11) is 0. The van der Waals surface area contributed by atoms with Gasteiger partial charge in [0, 0.05) is 60.4 Å². The third kappa shape index (κ3) is 7.34. The van der Waals surface area contributed by atoms with Crippen molar-refractivity contribution in [2.45, 2.75) is 52.4 Å². The van der Waals surface area contributed by atoms with Gasteiger partial charge >= 0.3 is 0 Å². The molecule has 1 amide bonds. The summed E-state index contributed by atoms with van der Waals surface area (Å²) in [5.41, 5.74) is 3.90. The van der Waals surface area contributed by atoms with E-state index in [4.69, 9.17) is 25.8 Å². The summed E-state index contributed by atoms with van der Waals surface area (Å²) in [4.78, 5) is 31.9. The second kappa shape index (κ2) is 13.8. The van der Waals surface area contributed by atoms with Crippen molar-refractivity contribution in [3.05, 3.63) is 93.9 Å². The Bertz CT molecular complexity index is 1760. The Morgan fingerprint density at radius 1 is 0.978 bits per heavy atom. The number of nitrogens with zero attached hydrogens (tertiary/aromatic N) is 2. The lowest BCUT2D eigenvalue weighted by molar-refractivity contribution is -0.153. The maximum absolute atomic E-state index is 14.1. The number of aromatic nitrogens is 1. The first-order valence-corrected chi connectivity index (χ1v) is 16.2. The van der Waals surface area contributed by atoms with E-state index in [-0.39, 0.29) is 30.3 Å².